The van der Waals surface area contributed by atoms with Gasteiger partial charge in [-0.15, -0.1) is 0 Å². The SMILES string of the molecule is COc1c(Cl)cc(C2CNCCO2)c(O)c1F. The van der Waals surface area contributed by atoms with Gasteiger partial charge in [0.1, 0.15) is 0 Å². The minimum Gasteiger partial charge on any atom is -0.504 e. The van der Waals surface area contributed by atoms with Crippen molar-refractivity contribution in [2.75, 3.05) is 26.8 Å². The summed E-state index contributed by atoms with van der Waals surface area (Å²) >= 11 is 5.87. The lowest BCUT2D eigenvalue weighted by molar-refractivity contribution is 0.0259. The summed E-state index contributed by atoms with van der Waals surface area (Å²) in [7, 11) is 1.29. The number of hydrogen-bond acceptors (Lipinski definition) is 4. The van der Waals surface area contributed by atoms with Gasteiger partial charge in [0.15, 0.2) is 11.5 Å². The second kappa shape index (κ2) is 5.08. The van der Waals surface area contributed by atoms with Gasteiger partial charge in [-0.1, -0.05) is 11.6 Å². The van der Waals surface area contributed by atoms with Crippen molar-refractivity contribution < 1.29 is 19.0 Å². The molecule has 0 saturated carbocycles. The Morgan fingerprint density at radius 3 is 3.00 bits per heavy atom. The fourth-order valence-corrected chi connectivity index (χ4v) is 2.08. The molecule has 1 unspecified atom stereocenters. The molecule has 0 aliphatic carbocycles. The third-order valence-electron chi connectivity index (χ3n) is 2.66. The highest BCUT2D eigenvalue weighted by molar-refractivity contribution is 6.32. The molecular formula is C11H13ClFNO3. The van der Waals surface area contributed by atoms with Crippen molar-refractivity contribution in [1.82, 2.24) is 5.32 Å². The Bertz CT molecular complexity index is 422. The van der Waals surface area contributed by atoms with E-state index < -0.39 is 17.7 Å². The van der Waals surface area contributed by atoms with Crippen molar-refractivity contribution in [3.05, 3.63) is 22.5 Å². The molecule has 1 fully saturated rings. The van der Waals surface area contributed by atoms with Crippen LogP contribution in [0.15, 0.2) is 6.07 Å². The Hall–Kier alpha value is -1.04. The highest BCUT2D eigenvalue weighted by atomic mass is 35.5. The van der Waals surface area contributed by atoms with E-state index in [-0.39, 0.29) is 10.8 Å². The highest BCUT2D eigenvalue weighted by Crippen LogP contribution is 2.39. The van der Waals surface area contributed by atoms with Crippen LogP contribution < -0.4 is 10.1 Å². The van der Waals surface area contributed by atoms with Crippen molar-refractivity contribution in [3.63, 3.8) is 0 Å². The second-order valence-electron chi connectivity index (χ2n) is 3.71. The number of phenols is 1. The summed E-state index contributed by atoms with van der Waals surface area (Å²) in [5.41, 5.74) is 0.334. The summed E-state index contributed by atoms with van der Waals surface area (Å²) in [6, 6.07) is 1.47. The maximum absolute atomic E-state index is 13.7. The third kappa shape index (κ3) is 2.31. The first-order chi connectivity index (χ1) is 8.15. The van der Waals surface area contributed by atoms with E-state index >= 15 is 0 Å². The van der Waals surface area contributed by atoms with Gasteiger partial charge in [-0.05, 0) is 6.07 Å². The number of hydrogen-bond donors (Lipinski definition) is 2. The molecule has 2 N–H and O–H groups in total. The lowest BCUT2D eigenvalue weighted by Gasteiger charge is -2.25. The van der Waals surface area contributed by atoms with E-state index in [0.717, 1.165) is 6.54 Å². The molecule has 0 amide bonds. The Balaban J connectivity index is 2.40. The molecule has 1 aliphatic heterocycles. The Labute approximate surface area is 103 Å². The summed E-state index contributed by atoms with van der Waals surface area (Å²) < 4.78 is 24.0. The number of methoxy groups -OCH3 is 1. The van der Waals surface area contributed by atoms with E-state index in [9.17, 15) is 9.50 Å². The van der Waals surface area contributed by atoms with Crippen LogP contribution in [0.3, 0.4) is 0 Å². The van der Waals surface area contributed by atoms with Gasteiger partial charge in [-0.3, -0.25) is 0 Å². The van der Waals surface area contributed by atoms with Crippen LogP contribution >= 0.6 is 11.6 Å². The number of ether oxygens (including phenoxy) is 2. The lowest BCUT2D eigenvalue weighted by atomic mass is 10.1. The van der Waals surface area contributed by atoms with Crippen molar-refractivity contribution in [1.29, 1.82) is 0 Å². The molecule has 0 radical (unpaired) electrons. The van der Waals surface area contributed by atoms with Crippen LogP contribution in [-0.4, -0.2) is 31.9 Å². The molecule has 0 spiro atoms. The Morgan fingerprint density at radius 2 is 2.41 bits per heavy atom. The maximum atomic E-state index is 13.7. The van der Waals surface area contributed by atoms with Gasteiger partial charge in [0.2, 0.25) is 5.82 Å². The molecule has 4 nitrogen and oxygen atoms in total. The number of nitrogens with one attached hydrogen (secondary N) is 1. The molecule has 1 atom stereocenters. The average molecular weight is 262 g/mol. The number of phenolic OH excluding ortho intramolecular Hbond substituents is 1. The summed E-state index contributed by atoms with van der Waals surface area (Å²) in [4.78, 5) is 0. The molecule has 1 saturated heterocycles. The summed E-state index contributed by atoms with van der Waals surface area (Å²) in [5, 5.41) is 13.0. The van der Waals surface area contributed by atoms with E-state index in [2.05, 4.69) is 5.32 Å². The van der Waals surface area contributed by atoms with Crippen LogP contribution in [0.1, 0.15) is 11.7 Å². The zero-order chi connectivity index (χ0) is 12.4. The van der Waals surface area contributed by atoms with Crippen LogP contribution in [0.5, 0.6) is 11.5 Å². The standard InChI is InChI=1S/C11H13ClFNO3/c1-16-11-7(12)4-6(10(15)9(11)13)8-5-14-2-3-17-8/h4,8,14-15H,2-3,5H2,1H3. The predicted octanol–water partition coefficient (Wildman–Crippen LogP) is 1.85. The number of morpholine rings is 1. The number of halogens is 2. The van der Waals surface area contributed by atoms with E-state index in [1.807, 2.05) is 0 Å². The van der Waals surface area contributed by atoms with Gasteiger partial charge in [-0.2, -0.15) is 4.39 Å². The molecule has 1 heterocycles. The van der Waals surface area contributed by atoms with E-state index in [4.69, 9.17) is 21.1 Å². The lowest BCUT2D eigenvalue weighted by Crippen LogP contribution is -2.33. The normalized spacial score (nSPS) is 20.3. The van der Waals surface area contributed by atoms with Gasteiger partial charge in [0.05, 0.1) is 24.8 Å². The van der Waals surface area contributed by atoms with E-state index in [1.54, 1.807) is 0 Å². The Morgan fingerprint density at radius 1 is 1.65 bits per heavy atom. The van der Waals surface area contributed by atoms with Crippen molar-refractivity contribution in [3.8, 4) is 11.5 Å². The first kappa shape index (κ1) is 12.4. The van der Waals surface area contributed by atoms with Crippen molar-refractivity contribution in [2.24, 2.45) is 0 Å². The van der Waals surface area contributed by atoms with Gasteiger partial charge in [0.25, 0.3) is 0 Å². The fraction of sp³-hybridized carbons (Fsp3) is 0.455. The fourth-order valence-electron chi connectivity index (χ4n) is 1.81. The van der Waals surface area contributed by atoms with Crippen molar-refractivity contribution >= 4 is 11.6 Å². The molecule has 94 valence electrons. The van der Waals surface area contributed by atoms with Crippen LogP contribution in [-0.2, 0) is 4.74 Å². The minimum atomic E-state index is -0.857. The quantitative estimate of drug-likeness (QED) is 0.853. The van der Waals surface area contributed by atoms with E-state index in [1.165, 1.54) is 13.2 Å². The molecule has 1 aliphatic rings. The number of benzene rings is 1. The predicted molar refractivity (Wildman–Crippen MR) is 61.2 cm³/mol. The molecule has 1 aromatic carbocycles. The first-order valence-corrected chi connectivity index (χ1v) is 5.60. The molecule has 0 bridgehead atoms. The van der Waals surface area contributed by atoms with Gasteiger partial charge < -0.3 is 19.9 Å². The van der Waals surface area contributed by atoms with Crippen molar-refractivity contribution in [2.45, 2.75) is 6.10 Å². The van der Waals surface area contributed by atoms with Gasteiger partial charge >= 0.3 is 0 Å². The minimum absolute atomic E-state index is 0.118. The Kier molecular flexibility index (Phi) is 3.71. The molecule has 2 rings (SSSR count). The molecule has 1 aromatic rings. The van der Waals surface area contributed by atoms with E-state index in [0.29, 0.717) is 18.7 Å². The second-order valence-corrected chi connectivity index (χ2v) is 4.11. The smallest absolute Gasteiger partial charge is 0.208 e. The van der Waals surface area contributed by atoms with Crippen LogP contribution in [0, 0.1) is 5.82 Å². The third-order valence-corrected chi connectivity index (χ3v) is 2.94. The molecule has 6 heteroatoms. The number of aromatic hydroxyl groups is 1. The zero-order valence-corrected chi connectivity index (χ0v) is 10.1. The maximum Gasteiger partial charge on any atom is 0.208 e. The van der Waals surface area contributed by atoms with Crippen LogP contribution in [0.2, 0.25) is 5.02 Å². The van der Waals surface area contributed by atoms with Crippen LogP contribution in [0.4, 0.5) is 4.39 Å². The summed E-state index contributed by atoms with van der Waals surface area (Å²) in [6.45, 7) is 1.76. The van der Waals surface area contributed by atoms with Gasteiger partial charge in [-0.25, -0.2) is 0 Å². The monoisotopic (exact) mass is 261 g/mol. The number of rotatable bonds is 2. The summed E-state index contributed by atoms with van der Waals surface area (Å²) in [5.74, 6) is -1.49. The molecular weight excluding hydrogens is 249 g/mol. The zero-order valence-electron chi connectivity index (χ0n) is 9.30. The summed E-state index contributed by atoms with van der Waals surface area (Å²) in [6.07, 6.45) is -0.401. The largest absolute Gasteiger partial charge is 0.504 e. The van der Waals surface area contributed by atoms with Crippen LogP contribution in [0.25, 0.3) is 0 Å². The topological polar surface area (TPSA) is 50.7 Å². The first-order valence-electron chi connectivity index (χ1n) is 5.22. The average Bonchev–Trinajstić information content (AvgIpc) is 2.35. The molecule has 0 aromatic heterocycles. The highest BCUT2D eigenvalue weighted by Gasteiger charge is 2.25. The molecule has 17 heavy (non-hydrogen) atoms. The van der Waals surface area contributed by atoms with Gasteiger partial charge in [0, 0.05) is 18.7 Å².